The van der Waals surface area contributed by atoms with E-state index in [1.165, 1.54) is 18.9 Å². The number of anilines is 1. The van der Waals surface area contributed by atoms with E-state index in [0.29, 0.717) is 15.5 Å². The van der Waals surface area contributed by atoms with Crippen LogP contribution >= 0.6 is 35.0 Å². The van der Waals surface area contributed by atoms with Crippen molar-refractivity contribution >= 4 is 52.6 Å². The van der Waals surface area contributed by atoms with Crippen molar-refractivity contribution in [1.29, 1.82) is 0 Å². The lowest BCUT2D eigenvalue weighted by molar-refractivity contribution is -0.116. The summed E-state index contributed by atoms with van der Waals surface area (Å²) in [4.78, 5) is 12.8. The lowest BCUT2D eigenvalue weighted by atomic mass is 10.2. The van der Waals surface area contributed by atoms with Crippen molar-refractivity contribution in [3.05, 3.63) is 56.4 Å². The monoisotopic (exact) mass is 410 g/mol. The Labute approximate surface area is 165 Å². The molecule has 0 spiro atoms. The summed E-state index contributed by atoms with van der Waals surface area (Å²) in [5.41, 5.74) is 2.21. The lowest BCUT2D eigenvalue weighted by Crippen LogP contribution is -2.31. The van der Waals surface area contributed by atoms with Crippen LogP contribution in [-0.2, 0) is 4.79 Å². The van der Waals surface area contributed by atoms with E-state index in [1.54, 1.807) is 18.2 Å². The number of ether oxygens (including phenoxy) is 1. The first kappa shape index (κ1) is 18.8. The molecule has 1 unspecified atom stereocenters. The molecule has 1 aliphatic heterocycles. The van der Waals surface area contributed by atoms with E-state index >= 15 is 0 Å². The third kappa shape index (κ3) is 4.03. The number of rotatable bonds is 4. The highest BCUT2D eigenvalue weighted by Gasteiger charge is 2.27. The summed E-state index contributed by atoms with van der Waals surface area (Å²) in [6.07, 6.45) is 1.69. The van der Waals surface area contributed by atoms with Crippen molar-refractivity contribution in [2.75, 3.05) is 12.4 Å². The number of carbonyl (C=O) groups excluding carboxylic acids is 1. The number of aromatic hydroxyl groups is 1. The van der Waals surface area contributed by atoms with E-state index in [0.717, 1.165) is 11.3 Å². The van der Waals surface area contributed by atoms with Gasteiger partial charge in [-0.05, 0) is 48.4 Å². The summed E-state index contributed by atoms with van der Waals surface area (Å²) in [6.45, 7) is 1.96. The molecule has 1 saturated heterocycles. The maximum atomic E-state index is 12.3. The number of phenolic OH excluding ortho intramolecular Hbond substituents is 1. The molecule has 0 aromatic heterocycles. The largest absolute Gasteiger partial charge is 0.503 e. The van der Waals surface area contributed by atoms with Gasteiger partial charge in [-0.25, -0.2) is 0 Å². The molecule has 1 fully saturated rings. The van der Waals surface area contributed by atoms with Crippen molar-refractivity contribution in [1.82, 2.24) is 5.32 Å². The average molecular weight is 411 g/mol. The highest BCUT2D eigenvalue weighted by atomic mass is 35.5. The van der Waals surface area contributed by atoms with E-state index in [1.807, 2.05) is 25.1 Å². The van der Waals surface area contributed by atoms with Gasteiger partial charge >= 0.3 is 0 Å². The van der Waals surface area contributed by atoms with Crippen molar-refractivity contribution in [3.63, 3.8) is 0 Å². The van der Waals surface area contributed by atoms with Crippen molar-refractivity contribution in [3.8, 4) is 11.5 Å². The standard InChI is InChI=1S/C18H16Cl2N2O3S/c1-9-3-4-11(19)8-13(9)21-18-22-17(24)15(26-18)7-10-5-12(20)16(23)14(6-10)25-2/h3-8,18,21,23H,1-2H3,(H,22,24)/b15-7-. The Morgan fingerprint density at radius 3 is 2.81 bits per heavy atom. The number of thioether (sulfide) groups is 1. The molecular formula is C18H16Cl2N2O3S. The van der Waals surface area contributed by atoms with Gasteiger partial charge < -0.3 is 20.5 Å². The van der Waals surface area contributed by atoms with Gasteiger partial charge in [0.15, 0.2) is 17.0 Å². The van der Waals surface area contributed by atoms with Crippen LogP contribution in [0.5, 0.6) is 11.5 Å². The van der Waals surface area contributed by atoms with E-state index < -0.39 is 0 Å². The van der Waals surface area contributed by atoms with Gasteiger partial charge in [0.05, 0.1) is 17.0 Å². The molecule has 1 aliphatic rings. The van der Waals surface area contributed by atoms with Gasteiger partial charge in [0.25, 0.3) is 5.91 Å². The van der Waals surface area contributed by atoms with Gasteiger partial charge in [0.1, 0.15) is 0 Å². The number of hydrogen-bond donors (Lipinski definition) is 3. The smallest absolute Gasteiger partial charge is 0.260 e. The fourth-order valence-electron chi connectivity index (χ4n) is 2.44. The van der Waals surface area contributed by atoms with Crippen LogP contribution in [0, 0.1) is 6.92 Å². The normalized spacial score (nSPS) is 18.1. The van der Waals surface area contributed by atoms with Gasteiger partial charge in [0.2, 0.25) is 0 Å². The number of amides is 1. The molecule has 1 amide bonds. The Bertz CT molecular complexity index is 902. The minimum atomic E-state index is -0.319. The van der Waals surface area contributed by atoms with Gasteiger partial charge in [-0.2, -0.15) is 0 Å². The highest BCUT2D eigenvalue weighted by Crippen LogP contribution is 2.37. The SMILES string of the molecule is COc1cc(/C=C2\SC(Nc3cc(Cl)ccc3C)NC2=O)cc(Cl)c1O. The molecule has 0 bridgehead atoms. The predicted molar refractivity (Wildman–Crippen MR) is 107 cm³/mol. The number of halogens is 2. The second kappa shape index (κ2) is 7.70. The van der Waals surface area contributed by atoms with E-state index in [4.69, 9.17) is 27.9 Å². The second-order valence-corrected chi connectivity index (χ2v) is 7.63. The van der Waals surface area contributed by atoms with Gasteiger partial charge in [0, 0.05) is 10.7 Å². The zero-order valence-corrected chi connectivity index (χ0v) is 16.3. The van der Waals surface area contributed by atoms with Crippen LogP contribution in [0.15, 0.2) is 35.2 Å². The van der Waals surface area contributed by atoms with Crippen molar-refractivity contribution < 1.29 is 14.6 Å². The molecule has 26 heavy (non-hydrogen) atoms. The molecule has 1 atom stereocenters. The number of nitrogens with one attached hydrogen (secondary N) is 2. The summed E-state index contributed by atoms with van der Waals surface area (Å²) < 4.78 is 5.09. The van der Waals surface area contributed by atoms with Gasteiger partial charge in [-0.1, -0.05) is 41.0 Å². The molecule has 0 radical (unpaired) electrons. The molecule has 2 aromatic rings. The third-order valence-electron chi connectivity index (χ3n) is 3.79. The van der Waals surface area contributed by atoms with Crippen LogP contribution in [0.4, 0.5) is 5.69 Å². The van der Waals surface area contributed by atoms with Gasteiger partial charge in [-0.3, -0.25) is 4.79 Å². The zero-order valence-electron chi connectivity index (χ0n) is 14.0. The van der Waals surface area contributed by atoms with Crippen LogP contribution in [0.25, 0.3) is 6.08 Å². The number of aryl methyl sites for hydroxylation is 1. The Kier molecular flexibility index (Phi) is 5.55. The van der Waals surface area contributed by atoms with E-state index in [9.17, 15) is 9.90 Å². The first-order valence-electron chi connectivity index (χ1n) is 7.66. The molecule has 0 aliphatic carbocycles. The molecule has 3 rings (SSSR count). The third-order valence-corrected chi connectivity index (χ3v) is 5.34. The van der Waals surface area contributed by atoms with E-state index in [-0.39, 0.29) is 27.9 Å². The summed E-state index contributed by atoms with van der Waals surface area (Å²) in [7, 11) is 1.44. The van der Waals surface area contributed by atoms with Crippen LogP contribution in [-0.4, -0.2) is 23.6 Å². The Balaban J connectivity index is 1.80. The molecule has 2 aromatic carbocycles. The molecule has 1 heterocycles. The summed E-state index contributed by atoms with van der Waals surface area (Å²) in [5.74, 6) is -0.0804. The zero-order chi connectivity index (χ0) is 18.8. The van der Waals surface area contributed by atoms with Crippen molar-refractivity contribution in [2.45, 2.75) is 12.4 Å². The number of phenols is 1. The molecular weight excluding hydrogens is 395 g/mol. The molecule has 3 N–H and O–H groups in total. The summed E-state index contributed by atoms with van der Waals surface area (Å²) in [5, 5.41) is 16.7. The Hall–Kier alpha value is -2.02. The number of methoxy groups -OCH3 is 1. The second-order valence-electron chi connectivity index (χ2n) is 5.64. The lowest BCUT2D eigenvalue weighted by Gasteiger charge is -2.15. The topological polar surface area (TPSA) is 70.6 Å². The van der Waals surface area contributed by atoms with Crippen LogP contribution in [0.2, 0.25) is 10.0 Å². The maximum Gasteiger partial charge on any atom is 0.260 e. The number of benzene rings is 2. The minimum absolute atomic E-state index is 0.129. The van der Waals surface area contributed by atoms with Gasteiger partial charge in [-0.15, -0.1) is 0 Å². The minimum Gasteiger partial charge on any atom is -0.503 e. The van der Waals surface area contributed by atoms with E-state index in [2.05, 4.69) is 10.6 Å². The fraction of sp³-hybridized carbons (Fsp3) is 0.167. The quantitative estimate of drug-likeness (QED) is 0.641. The first-order chi connectivity index (χ1) is 12.4. The predicted octanol–water partition coefficient (Wildman–Crippen LogP) is 4.62. The summed E-state index contributed by atoms with van der Waals surface area (Å²) in [6, 6.07) is 8.73. The number of hydrogen-bond acceptors (Lipinski definition) is 5. The highest BCUT2D eigenvalue weighted by molar-refractivity contribution is 8.05. The van der Waals surface area contributed by atoms with Crippen LogP contribution < -0.4 is 15.4 Å². The molecule has 0 saturated carbocycles. The average Bonchev–Trinajstić information content (AvgIpc) is 2.93. The molecule has 5 nitrogen and oxygen atoms in total. The fourth-order valence-corrected chi connectivity index (χ4v) is 3.81. The van der Waals surface area contributed by atoms with Crippen LogP contribution in [0.3, 0.4) is 0 Å². The summed E-state index contributed by atoms with van der Waals surface area (Å²) >= 11 is 13.4. The maximum absolute atomic E-state index is 12.3. The molecule has 8 heteroatoms. The Morgan fingerprint density at radius 2 is 2.08 bits per heavy atom. The van der Waals surface area contributed by atoms with Crippen LogP contribution in [0.1, 0.15) is 11.1 Å². The Morgan fingerprint density at radius 1 is 1.31 bits per heavy atom. The number of carbonyl (C=O) groups is 1. The molecule has 136 valence electrons. The van der Waals surface area contributed by atoms with Crippen molar-refractivity contribution in [2.24, 2.45) is 0 Å². The first-order valence-corrected chi connectivity index (χ1v) is 9.29.